The van der Waals surface area contributed by atoms with Gasteiger partial charge in [-0.25, -0.2) is 4.98 Å². The van der Waals surface area contributed by atoms with Gasteiger partial charge < -0.3 is 15.2 Å². The summed E-state index contributed by atoms with van der Waals surface area (Å²) in [4.78, 5) is 18.8. The molecule has 2 atom stereocenters. The predicted octanol–water partition coefficient (Wildman–Crippen LogP) is 2.13. The molecule has 0 spiro atoms. The number of carbonyl (C=O) groups is 1. The van der Waals surface area contributed by atoms with Crippen molar-refractivity contribution in [3.8, 4) is 0 Å². The number of likely N-dealkylation sites (tertiary alicyclic amines) is 1. The molecule has 2 heterocycles. The number of hydrogen-bond donors (Lipinski definition) is 1. The smallest absolute Gasteiger partial charge is 0.254 e. The van der Waals surface area contributed by atoms with Crippen molar-refractivity contribution in [1.82, 2.24) is 14.5 Å². The van der Waals surface area contributed by atoms with Gasteiger partial charge in [-0.05, 0) is 36.5 Å². The molecule has 1 aromatic carbocycles. The summed E-state index contributed by atoms with van der Waals surface area (Å²) in [5.41, 5.74) is 7.79. The molecule has 1 fully saturated rings. The molecule has 122 valence electrons. The Labute approximate surface area is 137 Å². The highest BCUT2D eigenvalue weighted by Crippen LogP contribution is 2.24. The lowest BCUT2D eigenvalue weighted by Crippen LogP contribution is -2.51. The zero-order valence-electron chi connectivity index (χ0n) is 13.6. The number of nitrogens with zero attached hydrogens (tertiary/aromatic N) is 3. The lowest BCUT2D eigenvalue weighted by atomic mass is 9.90. The number of aromatic nitrogens is 2. The van der Waals surface area contributed by atoms with E-state index in [1.54, 1.807) is 12.5 Å². The fourth-order valence-corrected chi connectivity index (χ4v) is 3.37. The van der Waals surface area contributed by atoms with Crippen molar-refractivity contribution in [2.24, 2.45) is 11.7 Å². The minimum atomic E-state index is 0.0983. The summed E-state index contributed by atoms with van der Waals surface area (Å²) in [6, 6.07) is 8.01. The molecule has 5 nitrogen and oxygen atoms in total. The summed E-state index contributed by atoms with van der Waals surface area (Å²) in [7, 11) is 0. The number of nitrogens with two attached hydrogens (primary N) is 1. The number of amides is 1. The van der Waals surface area contributed by atoms with Crippen LogP contribution in [0.25, 0.3) is 0 Å². The molecule has 23 heavy (non-hydrogen) atoms. The maximum atomic E-state index is 12.8. The van der Waals surface area contributed by atoms with E-state index in [2.05, 4.69) is 11.9 Å². The van der Waals surface area contributed by atoms with Crippen molar-refractivity contribution in [3.63, 3.8) is 0 Å². The fourth-order valence-electron chi connectivity index (χ4n) is 3.37. The maximum Gasteiger partial charge on any atom is 0.254 e. The summed E-state index contributed by atoms with van der Waals surface area (Å²) < 4.78 is 2.01. The first kappa shape index (κ1) is 15.7. The molecule has 1 saturated heterocycles. The summed E-state index contributed by atoms with van der Waals surface area (Å²) >= 11 is 0. The van der Waals surface area contributed by atoms with Gasteiger partial charge in [0.05, 0.1) is 6.33 Å². The van der Waals surface area contributed by atoms with Gasteiger partial charge in [0.2, 0.25) is 0 Å². The van der Waals surface area contributed by atoms with E-state index in [0.717, 1.165) is 37.1 Å². The monoisotopic (exact) mass is 312 g/mol. The summed E-state index contributed by atoms with van der Waals surface area (Å²) in [5.74, 6) is 0.569. The lowest BCUT2D eigenvalue weighted by Gasteiger charge is -2.39. The van der Waals surface area contributed by atoms with Crippen LogP contribution in [0.15, 0.2) is 43.0 Å². The highest BCUT2D eigenvalue weighted by Gasteiger charge is 2.31. The predicted molar refractivity (Wildman–Crippen MR) is 90.0 cm³/mol. The van der Waals surface area contributed by atoms with Gasteiger partial charge in [-0.2, -0.15) is 0 Å². The number of hydrogen-bond acceptors (Lipinski definition) is 3. The second-order valence-corrected chi connectivity index (χ2v) is 6.35. The van der Waals surface area contributed by atoms with Gasteiger partial charge in [-0.15, -0.1) is 0 Å². The van der Waals surface area contributed by atoms with Crippen molar-refractivity contribution in [2.75, 3.05) is 13.1 Å². The minimum absolute atomic E-state index is 0.0983. The first-order valence-corrected chi connectivity index (χ1v) is 8.24. The maximum absolute atomic E-state index is 12.8. The van der Waals surface area contributed by atoms with Crippen molar-refractivity contribution >= 4 is 5.91 Å². The second kappa shape index (κ2) is 6.96. The third kappa shape index (κ3) is 3.45. The van der Waals surface area contributed by atoms with Crippen molar-refractivity contribution in [2.45, 2.75) is 32.4 Å². The van der Waals surface area contributed by atoms with Gasteiger partial charge in [0.1, 0.15) is 0 Å². The van der Waals surface area contributed by atoms with Crippen LogP contribution >= 0.6 is 0 Å². The molecule has 0 saturated carbocycles. The summed E-state index contributed by atoms with van der Waals surface area (Å²) in [6.07, 6.45) is 7.69. The average molecular weight is 312 g/mol. The Morgan fingerprint density at radius 1 is 1.35 bits per heavy atom. The molecule has 1 aliphatic heterocycles. The molecule has 1 aromatic heterocycles. The van der Waals surface area contributed by atoms with Crippen molar-refractivity contribution in [1.29, 1.82) is 0 Å². The Morgan fingerprint density at radius 2 is 2.13 bits per heavy atom. The SMILES string of the molecule is C[C@@H]1CCCN(C(=O)c2ccc(Cn3ccnc3)cc2)[C@@H]1CN. The molecule has 2 N–H and O–H groups in total. The van der Waals surface area contributed by atoms with E-state index in [1.807, 2.05) is 39.9 Å². The Morgan fingerprint density at radius 3 is 2.78 bits per heavy atom. The normalized spacial score (nSPS) is 21.4. The van der Waals surface area contributed by atoms with Crippen LogP contribution in [0, 0.1) is 5.92 Å². The van der Waals surface area contributed by atoms with Crippen LogP contribution in [0.5, 0.6) is 0 Å². The van der Waals surface area contributed by atoms with Crippen LogP contribution in [0.2, 0.25) is 0 Å². The Hall–Kier alpha value is -2.14. The molecule has 0 aliphatic carbocycles. The Kier molecular flexibility index (Phi) is 4.76. The molecule has 3 rings (SSSR count). The first-order valence-electron chi connectivity index (χ1n) is 8.24. The molecule has 0 bridgehead atoms. The standard InChI is InChI=1S/C18H24N4O/c1-14-3-2-9-22(17(14)11-19)18(23)16-6-4-15(5-7-16)12-21-10-8-20-13-21/h4-8,10,13-14,17H,2-3,9,11-12,19H2,1H3/t14-,17-/m1/s1. The van der Waals surface area contributed by atoms with Crippen LogP contribution < -0.4 is 5.73 Å². The van der Waals surface area contributed by atoms with E-state index in [1.165, 1.54) is 0 Å². The molecule has 0 radical (unpaired) electrons. The van der Waals surface area contributed by atoms with Crippen LogP contribution in [0.3, 0.4) is 0 Å². The van der Waals surface area contributed by atoms with Crippen LogP contribution in [0.4, 0.5) is 0 Å². The van der Waals surface area contributed by atoms with Gasteiger partial charge in [0.25, 0.3) is 5.91 Å². The molecule has 5 heteroatoms. The topological polar surface area (TPSA) is 64.2 Å². The molecular weight excluding hydrogens is 288 g/mol. The molecular formula is C18H24N4O. The van der Waals surface area contributed by atoms with Crippen molar-refractivity contribution in [3.05, 3.63) is 54.1 Å². The van der Waals surface area contributed by atoms with E-state index in [0.29, 0.717) is 12.5 Å². The van der Waals surface area contributed by atoms with E-state index in [-0.39, 0.29) is 11.9 Å². The largest absolute Gasteiger partial charge is 0.334 e. The third-order valence-corrected chi connectivity index (χ3v) is 4.74. The summed E-state index contributed by atoms with van der Waals surface area (Å²) in [5, 5.41) is 0. The summed E-state index contributed by atoms with van der Waals surface area (Å²) in [6.45, 7) is 4.29. The van der Waals surface area contributed by atoms with Gasteiger partial charge in [-0.1, -0.05) is 19.1 Å². The van der Waals surface area contributed by atoms with Crippen molar-refractivity contribution < 1.29 is 4.79 Å². The third-order valence-electron chi connectivity index (χ3n) is 4.74. The Balaban J connectivity index is 1.72. The first-order chi connectivity index (χ1) is 11.2. The van der Waals surface area contributed by atoms with Gasteiger partial charge in [-0.3, -0.25) is 4.79 Å². The van der Waals surface area contributed by atoms with Gasteiger partial charge in [0.15, 0.2) is 0 Å². The second-order valence-electron chi connectivity index (χ2n) is 6.35. The molecule has 1 aliphatic rings. The lowest BCUT2D eigenvalue weighted by molar-refractivity contribution is 0.0532. The quantitative estimate of drug-likeness (QED) is 0.940. The zero-order chi connectivity index (χ0) is 16.2. The van der Waals surface area contributed by atoms with E-state index >= 15 is 0 Å². The van der Waals surface area contributed by atoms with E-state index < -0.39 is 0 Å². The highest BCUT2D eigenvalue weighted by molar-refractivity contribution is 5.94. The average Bonchev–Trinajstić information content (AvgIpc) is 3.07. The van der Waals surface area contributed by atoms with Crippen LogP contribution in [-0.4, -0.2) is 39.5 Å². The van der Waals surface area contributed by atoms with Crippen LogP contribution in [-0.2, 0) is 6.54 Å². The van der Waals surface area contributed by atoms with Crippen LogP contribution in [0.1, 0.15) is 35.7 Å². The number of carbonyl (C=O) groups excluding carboxylic acids is 1. The molecule has 0 unspecified atom stereocenters. The fraction of sp³-hybridized carbons (Fsp3) is 0.444. The molecule has 2 aromatic rings. The van der Waals surface area contributed by atoms with Gasteiger partial charge >= 0.3 is 0 Å². The number of piperidine rings is 1. The number of rotatable bonds is 4. The number of benzene rings is 1. The van der Waals surface area contributed by atoms with E-state index in [4.69, 9.17) is 5.73 Å². The van der Waals surface area contributed by atoms with Gasteiger partial charge in [0, 0.05) is 43.6 Å². The Bertz CT molecular complexity index is 636. The highest BCUT2D eigenvalue weighted by atomic mass is 16.2. The zero-order valence-corrected chi connectivity index (χ0v) is 13.6. The minimum Gasteiger partial charge on any atom is -0.334 e. The number of imidazole rings is 1. The molecule has 1 amide bonds. The van der Waals surface area contributed by atoms with E-state index in [9.17, 15) is 4.79 Å².